The Kier molecular flexibility index (Phi) is 5.04. The highest BCUT2D eigenvalue weighted by molar-refractivity contribution is 5.93. The standard InChI is InChI=1S/C19H17N3O4/c1-3-24-18-8-13(10-20)4-6-17(18)25-11-19(23)22-14-5-7-16-15(9-14)21-12(2)26-16/h4-9H,3,11H2,1-2H3,(H,22,23). The molecule has 0 aliphatic rings. The van der Waals surface area contributed by atoms with E-state index < -0.39 is 0 Å². The van der Waals surface area contributed by atoms with E-state index in [2.05, 4.69) is 10.3 Å². The monoisotopic (exact) mass is 351 g/mol. The molecule has 132 valence electrons. The van der Waals surface area contributed by atoms with Crippen molar-refractivity contribution in [2.24, 2.45) is 0 Å². The molecule has 0 fully saturated rings. The topological polar surface area (TPSA) is 97.4 Å². The van der Waals surface area contributed by atoms with Crippen molar-refractivity contribution in [3.05, 3.63) is 47.9 Å². The first kappa shape index (κ1) is 17.3. The molecule has 1 heterocycles. The minimum absolute atomic E-state index is 0.193. The molecule has 0 aliphatic heterocycles. The number of amides is 1. The molecular weight excluding hydrogens is 334 g/mol. The minimum Gasteiger partial charge on any atom is -0.490 e. The molecule has 0 saturated heterocycles. The number of benzene rings is 2. The fourth-order valence-corrected chi connectivity index (χ4v) is 2.43. The summed E-state index contributed by atoms with van der Waals surface area (Å²) < 4.78 is 16.4. The third-order valence-electron chi connectivity index (χ3n) is 3.51. The highest BCUT2D eigenvalue weighted by atomic mass is 16.5. The lowest BCUT2D eigenvalue weighted by molar-refractivity contribution is -0.118. The molecule has 0 atom stereocenters. The van der Waals surface area contributed by atoms with E-state index in [0.717, 1.165) is 0 Å². The number of ether oxygens (including phenoxy) is 2. The molecule has 1 amide bonds. The summed E-state index contributed by atoms with van der Waals surface area (Å²) in [5.74, 6) is 1.08. The van der Waals surface area contributed by atoms with E-state index in [9.17, 15) is 4.79 Å². The summed E-state index contributed by atoms with van der Waals surface area (Å²) in [6.07, 6.45) is 0. The third-order valence-corrected chi connectivity index (χ3v) is 3.51. The second kappa shape index (κ2) is 7.57. The highest BCUT2D eigenvalue weighted by Crippen LogP contribution is 2.28. The fraction of sp³-hybridized carbons (Fsp3) is 0.211. The van der Waals surface area contributed by atoms with Crippen molar-refractivity contribution in [1.82, 2.24) is 4.98 Å². The van der Waals surface area contributed by atoms with Crippen molar-refractivity contribution in [3.8, 4) is 17.6 Å². The number of rotatable bonds is 6. The van der Waals surface area contributed by atoms with Gasteiger partial charge in [0.1, 0.15) is 5.52 Å². The van der Waals surface area contributed by atoms with Crippen LogP contribution < -0.4 is 14.8 Å². The summed E-state index contributed by atoms with van der Waals surface area (Å²) in [6, 6.07) is 12.1. The molecule has 0 radical (unpaired) electrons. The Hall–Kier alpha value is -3.53. The van der Waals surface area contributed by atoms with Gasteiger partial charge in [-0.25, -0.2) is 4.98 Å². The molecule has 1 aromatic heterocycles. The number of carbonyl (C=O) groups is 1. The molecule has 26 heavy (non-hydrogen) atoms. The predicted octanol–water partition coefficient (Wildman–Crippen LogP) is 3.42. The van der Waals surface area contributed by atoms with E-state index in [0.29, 0.717) is 46.3 Å². The number of oxazole rings is 1. The first-order chi connectivity index (χ1) is 12.6. The molecule has 0 bridgehead atoms. The summed E-state index contributed by atoms with van der Waals surface area (Å²) in [6.45, 7) is 3.83. The van der Waals surface area contributed by atoms with Crippen molar-refractivity contribution in [1.29, 1.82) is 5.26 Å². The normalized spacial score (nSPS) is 10.3. The second-order valence-electron chi connectivity index (χ2n) is 5.46. The Morgan fingerprint density at radius 3 is 2.85 bits per heavy atom. The number of nitrogens with one attached hydrogen (secondary N) is 1. The summed E-state index contributed by atoms with van der Waals surface area (Å²) >= 11 is 0. The van der Waals surface area contributed by atoms with Crippen molar-refractivity contribution in [2.75, 3.05) is 18.5 Å². The van der Waals surface area contributed by atoms with Crippen molar-refractivity contribution in [3.63, 3.8) is 0 Å². The van der Waals surface area contributed by atoms with Gasteiger partial charge in [0.2, 0.25) is 0 Å². The van der Waals surface area contributed by atoms with Crippen LogP contribution >= 0.6 is 0 Å². The van der Waals surface area contributed by atoms with Gasteiger partial charge in [-0.3, -0.25) is 4.79 Å². The maximum Gasteiger partial charge on any atom is 0.262 e. The molecular formula is C19H17N3O4. The second-order valence-corrected chi connectivity index (χ2v) is 5.46. The van der Waals surface area contributed by atoms with Gasteiger partial charge in [-0.15, -0.1) is 0 Å². The summed E-state index contributed by atoms with van der Waals surface area (Å²) in [5, 5.41) is 11.7. The van der Waals surface area contributed by atoms with E-state index in [-0.39, 0.29) is 12.5 Å². The van der Waals surface area contributed by atoms with Crippen LogP contribution in [-0.4, -0.2) is 24.1 Å². The summed E-state index contributed by atoms with van der Waals surface area (Å²) in [7, 11) is 0. The van der Waals surface area contributed by atoms with Crippen LogP contribution in [0.1, 0.15) is 18.4 Å². The largest absolute Gasteiger partial charge is 0.490 e. The van der Waals surface area contributed by atoms with Gasteiger partial charge >= 0.3 is 0 Å². The van der Waals surface area contributed by atoms with Crippen molar-refractivity contribution >= 4 is 22.7 Å². The molecule has 0 spiro atoms. The number of aryl methyl sites for hydroxylation is 1. The zero-order valence-electron chi connectivity index (χ0n) is 14.4. The molecule has 7 nitrogen and oxygen atoms in total. The van der Waals surface area contributed by atoms with E-state index in [1.54, 1.807) is 43.3 Å². The van der Waals surface area contributed by atoms with Crippen molar-refractivity contribution < 1.29 is 18.7 Å². The Morgan fingerprint density at radius 1 is 1.23 bits per heavy atom. The molecule has 0 saturated carbocycles. The highest BCUT2D eigenvalue weighted by Gasteiger charge is 2.10. The van der Waals surface area contributed by atoms with Gasteiger partial charge < -0.3 is 19.2 Å². The summed E-state index contributed by atoms with van der Waals surface area (Å²) in [5.41, 5.74) is 2.40. The molecule has 0 unspecified atom stereocenters. The van der Waals surface area contributed by atoms with Crippen molar-refractivity contribution in [2.45, 2.75) is 13.8 Å². The zero-order chi connectivity index (χ0) is 18.5. The van der Waals surface area contributed by atoms with Crippen LogP contribution in [0.25, 0.3) is 11.1 Å². The number of nitriles is 1. The average molecular weight is 351 g/mol. The van der Waals surface area contributed by atoms with E-state index >= 15 is 0 Å². The molecule has 0 aliphatic carbocycles. The van der Waals surface area contributed by atoms with Crippen LogP contribution in [0.2, 0.25) is 0 Å². The number of carbonyl (C=O) groups excluding carboxylic acids is 1. The number of anilines is 1. The number of hydrogen-bond acceptors (Lipinski definition) is 6. The van der Waals surface area contributed by atoms with Gasteiger partial charge in [-0.05, 0) is 37.3 Å². The Labute approximate surface area is 150 Å². The van der Waals surface area contributed by atoms with Crippen LogP contribution in [0.15, 0.2) is 40.8 Å². The maximum absolute atomic E-state index is 12.1. The van der Waals surface area contributed by atoms with Crippen LogP contribution in [0.5, 0.6) is 11.5 Å². The number of fused-ring (bicyclic) bond motifs is 1. The lowest BCUT2D eigenvalue weighted by Crippen LogP contribution is -2.20. The third kappa shape index (κ3) is 3.92. The molecule has 3 aromatic rings. The van der Waals surface area contributed by atoms with Crippen LogP contribution in [-0.2, 0) is 4.79 Å². The Morgan fingerprint density at radius 2 is 2.08 bits per heavy atom. The molecule has 7 heteroatoms. The van der Waals surface area contributed by atoms with Gasteiger partial charge in [0, 0.05) is 18.7 Å². The quantitative estimate of drug-likeness (QED) is 0.731. The first-order valence-electron chi connectivity index (χ1n) is 8.06. The maximum atomic E-state index is 12.1. The number of hydrogen-bond donors (Lipinski definition) is 1. The lowest BCUT2D eigenvalue weighted by atomic mass is 10.2. The first-order valence-corrected chi connectivity index (χ1v) is 8.06. The molecule has 3 rings (SSSR count). The van der Waals surface area contributed by atoms with Gasteiger partial charge in [0.25, 0.3) is 5.91 Å². The average Bonchev–Trinajstić information content (AvgIpc) is 3.00. The van der Waals surface area contributed by atoms with Gasteiger partial charge in [-0.1, -0.05) is 0 Å². The Bertz CT molecular complexity index is 988. The van der Waals surface area contributed by atoms with Gasteiger partial charge in [-0.2, -0.15) is 5.26 Å². The van der Waals surface area contributed by atoms with Crippen LogP contribution in [0.4, 0.5) is 5.69 Å². The van der Waals surface area contributed by atoms with E-state index in [1.165, 1.54) is 0 Å². The van der Waals surface area contributed by atoms with Crippen LogP contribution in [0, 0.1) is 18.3 Å². The van der Waals surface area contributed by atoms with E-state index in [4.69, 9.17) is 19.2 Å². The SMILES string of the molecule is CCOc1cc(C#N)ccc1OCC(=O)Nc1ccc2oc(C)nc2c1. The van der Waals surface area contributed by atoms with Gasteiger partial charge in [0.15, 0.2) is 29.6 Å². The van der Waals surface area contributed by atoms with E-state index in [1.807, 2.05) is 13.0 Å². The van der Waals surface area contributed by atoms with Crippen LogP contribution in [0.3, 0.4) is 0 Å². The Balaban J connectivity index is 1.65. The number of nitrogens with zero attached hydrogens (tertiary/aromatic N) is 2. The molecule has 2 aromatic carbocycles. The lowest BCUT2D eigenvalue weighted by Gasteiger charge is -2.12. The zero-order valence-corrected chi connectivity index (χ0v) is 14.4. The predicted molar refractivity (Wildman–Crippen MR) is 95.2 cm³/mol. The number of aromatic nitrogens is 1. The summed E-state index contributed by atoms with van der Waals surface area (Å²) in [4.78, 5) is 16.4. The minimum atomic E-state index is -0.323. The smallest absolute Gasteiger partial charge is 0.262 e. The fourth-order valence-electron chi connectivity index (χ4n) is 2.43. The van der Waals surface area contributed by atoms with Gasteiger partial charge in [0.05, 0.1) is 18.2 Å². The molecule has 1 N–H and O–H groups in total.